The van der Waals surface area contributed by atoms with Gasteiger partial charge < -0.3 is 21.3 Å². The van der Waals surface area contributed by atoms with E-state index in [0.29, 0.717) is 29.3 Å². The van der Waals surface area contributed by atoms with Gasteiger partial charge in [-0.15, -0.1) is 0 Å². The molecule has 4 N–H and O–H groups in total. The van der Waals surface area contributed by atoms with E-state index >= 15 is 0 Å². The van der Waals surface area contributed by atoms with Crippen molar-refractivity contribution in [3.8, 4) is 16.9 Å². The molecule has 2 aromatic heterocycles. The lowest BCUT2D eigenvalue weighted by molar-refractivity contribution is -0.119. The second-order valence-electron chi connectivity index (χ2n) is 8.65. The monoisotopic (exact) mass is 529 g/mol. The standard InChI is InChI=1S/C27H24ClN7O3/c1-29-23-9-5-8-21(32-23)16-10-11-20(28)19(12-16)26(37)33-24-14-22(27(38)31-17-13-25(36)30-15-17)34-35(24)18-6-3-2-4-7-18/h2-12,14,17H,13,15H2,1H3,(H,29,32)(H,30,36)(H,31,38)(H,33,37). The first kappa shape index (κ1) is 25.0. The molecule has 192 valence electrons. The smallest absolute Gasteiger partial charge is 0.272 e. The fourth-order valence-electron chi connectivity index (χ4n) is 4.09. The highest BCUT2D eigenvalue weighted by molar-refractivity contribution is 6.34. The van der Waals surface area contributed by atoms with Crippen LogP contribution in [0.2, 0.25) is 5.02 Å². The molecule has 0 bridgehead atoms. The summed E-state index contributed by atoms with van der Waals surface area (Å²) >= 11 is 6.41. The summed E-state index contributed by atoms with van der Waals surface area (Å²) in [7, 11) is 1.78. The van der Waals surface area contributed by atoms with Crippen molar-refractivity contribution < 1.29 is 14.4 Å². The van der Waals surface area contributed by atoms with E-state index in [1.807, 2.05) is 36.4 Å². The Bertz CT molecular complexity index is 1520. The summed E-state index contributed by atoms with van der Waals surface area (Å²) in [6.07, 6.45) is 0.204. The normalized spacial score (nSPS) is 14.6. The van der Waals surface area contributed by atoms with Gasteiger partial charge in [-0.1, -0.05) is 41.9 Å². The summed E-state index contributed by atoms with van der Waals surface area (Å²) in [5.74, 6) is -0.0731. The summed E-state index contributed by atoms with van der Waals surface area (Å²) in [6, 6.07) is 20.9. The van der Waals surface area contributed by atoms with E-state index in [9.17, 15) is 14.4 Å². The summed E-state index contributed by atoms with van der Waals surface area (Å²) in [5, 5.41) is 16.0. The van der Waals surface area contributed by atoms with Gasteiger partial charge in [0.25, 0.3) is 11.8 Å². The molecule has 38 heavy (non-hydrogen) atoms. The van der Waals surface area contributed by atoms with Crippen molar-refractivity contribution in [3.63, 3.8) is 0 Å². The Hall–Kier alpha value is -4.70. The van der Waals surface area contributed by atoms with Crippen molar-refractivity contribution in [2.45, 2.75) is 12.5 Å². The van der Waals surface area contributed by atoms with Crippen molar-refractivity contribution in [2.75, 3.05) is 24.2 Å². The van der Waals surface area contributed by atoms with E-state index in [2.05, 4.69) is 31.3 Å². The van der Waals surface area contributed by atoms with E-state index in [1.165, 1.54) is 10.7 Å². The van der Waals surface area contributed by atoms with Crippen molar-refractivity contribution in [3.05, 3.63) is 89.1 Å². The molecule has 2 aromatic carbocycles. The molecule has 1 unspecified atom stereocenters. The van der Waals surface area contributed by atoms with Crippen molar-refractivity contribution in [1.29, 1.82) is 0 Å². The van der Waals surface area contributed by atoms with Crippen LogP contribution in [-0.2, 0) is 4.79 Å². The predicted octanol–water partition coefficient (Wildman–Crippen LogP) is 3.50. The maximum absolute atomic E-state index is 13.4. The van der Waals surface area contributed by atoms with Gasteiger partial charge >= 0.3 is 0 Å². The lowest BCUT2D eigenvalue weighted by Gasteiger charge is -2.11. The Balaban J connectivity index is 1.44. The number of benzene rings is 2. The van der Waals surface area contributed by atoms with Crippen LogP contribution in [0.25, 0.3) is 16.9 Å². The SMILES string of the molecule is CNc1cccc(-c2ccc(Cl)c(C(=O)Nc3cc(C(=O)NC4CNC(=O)C4)nn3-c3ccccc3)c2)n1. The van der Waals surface area contributed by atoms with Crippen LogP contribution in [0.15, 0.2) is 72.8 Å². The fourth-order valence-corrected chi connectivity index (χ4v) is 4.29. The van der Waals surface area contributed by atoms with E-state index in [1.54, 1.807) is 37.4 Å². The number of halogens is 1. The predicted molar refractivity (Wildman–Crippen MR) is 145 cm³/mol. The first-order valence-corrected chi connectivity index (χ1v) is 12.3. The van der Waals surface area contributed by atoms with Crippen LogP contribution in [-0.4, -0.2) is 52.1 Å². The van der Waals surface area contributed by atoms with E-state index in [4.69, 9.17) is 11.6 Å². The molecule has 0 radical (unpaired) electrons. The number of carbonyl (C=O) groups excluding carboxylic acids is 3. The number of hydrogen-bond donors (Lipinski definition) is 4. The van der Waals surface area contributed by atoms with Gasteiger partial charge in [-0.05, 0) is 36.4 Å². The van der Waals surface area contributed by atoms with Gasteiger partial charge in [0.2, 0.25) is 5.91 Å². The lowest BCUT2D eigenvalue weighted by atomic mass is 10.1. The third-order valence-electron chi connectivity index (χ3n) is 6.01. The van der Waals surface area contributed by atoms with Gasteiger partial charge in [-0.3, -0.25) is 14.4 Å². The van der Waals surface area contributed by atoms with Gasteiger partial charge in [0.15, 0.2) is 5.69 Å². The van der Waals surface area contributed by atoms with Crippen LogP contribution in [0.4, 0.5) is 11.6 Å². The molecule has 10 nitrogen and oxygen atoms in total. The Morgan fingerprint density at radius 3 is 2.58 bits per heavy atom. The number of hydrogen-bond acceptors (Lipinski definition) is 6. The van der Waals surface area contributed by atoms with Gasteiger partial charge in [-0.2, -0.15) is 5.10 Å². The zero-order valence-corrected chi connectivity index (χ0v) is 21.1. The number of aromatic nitrogens is 3. The van der Waals surface area contributed by atoms with E-state index in [0.717, 1.165) is 0 Å². The Labute approximate surface area is 223 Å². The number of rotatable bonds is 7. The summed E-state index contributed by atoms with van der Waals surface area (Å²) in [5.41, 5.74) is 2.37. The summed E-state index contributed by atoms with van der Waals surface area (Å²) < 4.78 is 1.47. The number of anilines is 2. The zero-order valence-electron chi connectivity index (χ0n) is 20.4. The molecule has 0 aliphatic carbocycles. The second kappa shape index (κ2) is 10.7. The van der Waals surface area contributed by atoms with Crippen LogP contribution >= 0.6 is 11.6 Å². The molecule has 0 saturated carbocycles. The Kier molecular flexibility index (Phi) is 7.05. The highest BCUT2D eigenvalue weighted by Gasteiger charge is 2.25. The van der Waals surface area contributed by atoms with Crippen molar-refractivity contribution in [2.24, 2.45) is 0 Å². The number of carbonyl (C=O) groups is 3. The Morgan fingerprint density at radius 2 is 1.84 bits per heavy atom. The number of amides is 3. The molecular formula is C27H24ClN7O3. The molecule has 11 heteroatoms. The quantitative estimate of drug-likeness (QED) is 0.290. The highest BCUT2D eigenvalue weighted by Crippen LogP contribution is 2.26. The molecular weight excluding hydrogens is 506 g/mol. The molecule has 4 aromatic rings. The second-order valence-corrected chi connectivity index (χ2v) is 9.05. The summed E-state index contributed by atoms with van der Waals surface area (Å²) in [4.78, 5) is 42.3. The highest BCUT2D eigenvalue weighted by atomic mass is 35.5. The largest absolute Gasteiger partial charge is 0.373 e. The minimum Gasteiger partial charge on any atom is -0.373 e. The topological polar surface area (TPSA) is 130 Å². The third-order valence-corrected chi connectivity index (χ3v) is 6.34. The molecule has 1 aliphatic rings. The molecule has 1 aliphatic heterocycles. The Morgan fingerprint density at radius 1 is 1.03 bits per heavy atom. The minimum atomic E-state index is -0.476. The molecule has 3 heterocycles. The van der Waals surface area contributed by atoms with Gasteiger partial charge in [0.1, 0.15) is 11.6 Å². The van der Waals surface area contributed by atoms with Crippen LogP contribution in [0, 0.1) is 0 Å². The van der Waals surface area contributed by atoms with Crippen LogP contribution in [0.5, 0.6) is 0 Å². The van der Waals surface area contributed by atoms with Gasteiger partial charge in [-0.25, -0.2) is 9.67 Å². The summed E-state index contributed by atoms with van der Waals surface area (Å²) in [6.45, 7) is 0.356. The molecule has 3 amide bonds. The molecule has 5 rings (SSSR count). The van der Waals surface area contributed by atoms with Crippen LogP contribution in [0.1, 0.15) is 27.3 Å². The van der Waals surface area contributed by atoms with Gasteiger partial charge in [0, 0.05) is 31.6 Å². The minimum absolute atomic E-state index is 0.0939. The van der Waals surface area contributed by atoms with Crippen LogP contribution in [0.3, 0.4) is 0 Å². The van der Waals surface area contributed by atoms with E-state index < -0.39 is 11.8 Å². The average Bonchev–Trinajstić information content (AvgIpc) is 3.55. The molecule has 1 saturated heterocycles. The van der Waals surface area contributed by atoms with Gasteiger partial charge in [0.05, 0.1) is 28.0 Å². The number of nitrogens with one attached hydrogen (secondary N) is 4. The van der Waals surface area contributed by atoms with E-state index in [-0.39, 0.29) is 40.5 Å². The number of para-hydroxylation sites is 1. The van der Waals surface area contributed by atoms with Crippen molar-refractivity contribution in [1.82, 2.24) is 25.4 Å². The number of nitrogens with zero attached hydrogens (tertiary/aromatic N) is 3. The van der Waals surface area contributed by atoms with Crippen molar-refractivity contribution >= 4 is 41.0 Å². The lowest BCUT2D eigenvalue weighted by Crippen LogP contribution is -2.36. The maximum Gasteiger partial charge on any atom is 0.272 e. The molecule has 1 atom stereocenters. The van der Waals surface area contributed by atoms with Crippen LogP contribution < -0.4 is 21.3 Å². The molecule has 1 fully saturated rings. The first-order chi connectivity index (χ1) is 18.4. The fraction of sp³-hybridized carbons (Fsp3) is 0.148. The zero-order chi connectivity index (χ0) is 26.6. The maximum atomic E-state index is 13.4. The number of pyridine rings is 1. The molecule has 0 spiro atoms. The first-order valence-electron chi connectivity index (χ1n) is 11.9. The third kappa shape index (κ3) is 5.35. The average molecular weight is 530 g/mol.